The lowest BCUT2D eigenvalue weighted by Crippen LogP contribution is -2.38. The van der Waals surface area contributed by atoms with E-state index in [-0.39, 0.29) is 32.8 Å². The normalized spacial score (nSPS) is 12.8. The first-order chi connectivity index (χ1) is 20.0. The molecule has 1 unspecified atom stereocenters. The Bertz CT molecular complexity index is 1670. The molecule has 0 bridgehead atoms. The summed E-state index contributed by atoms with van der Waals surface area (Å²) in [5.74, 6) is -1.39. The number of alkyl halides is 6. The number of nitrogens with zero attached hydrogens (tertiary/aromatic N) is 7. The number of rotatable bonds is 8. The molecule has 1 amide bonds. The molecule has 0 saturated heterocycles. The molecule has 0 saturated carbocycles. The van der Waals surface area contributed by atoms with Crippen molar-refractivity contribution in [3.8, 4) is 23.1 Å². The Morgan fingerprint density at radius 3 is 2.37 bits per heavy atom. The van der Waals surface area contributed by atoms with Gasteiger partial charge in [-0.15, -0.1) is 10.2 Å². The van der Waals surface area contributed by atoms with Crippen LogP contribution in [0.15, 0.2) is 53.3 Å². The van der Waals surface area contributed by atoms with Gasteiger partial charge in [0.15, 0.2) is 17.8 Å². The number of hydrogen-bond acceptors (Lipinski definition) is 7. The standard InChI is InChI=1S/C24H19ClF7N7O4/c1-36(12-23(27,28)29)22(42)43-20-33-18(34-39(20)16-4-2-3-15(26)9-16)11-38-21(41)37(10-17(40)24(30,31)32)19(35-38)13-5-7-14(25)8-6-13/h2-9,17,40H,10-12H2,1H3. The fourth-order valence-corrected chi connectivity index (χ4v) is 3.79. The number of aliphatic hydroxyl groups excluding tert-OH is 1. The van der Waals surface area contributed by atoms with Crippen molar-refractivity contribution in [1.29, 1.82) is 0 Å². The summed E-state index contributed by atoms with van der Waals surface area (Å²) in [5, 5.41) is 18.0. The van der Waals surface area contributed by atoms with Gasteiger partial charge in [0.1, 0.15) is 18.9 Å². The van der Waals surface area contributed by atoms with Crippen molar-refractivity contribution < 1.29 is 45.4 Å². The number of ether oxygens (including phenoxy) is 1. The maximum Gasteiger partial charge on any atom is 0.417 e. The summed E-state index contributed by atoms with van der Waals surface area (Å²) in [7, 11) is 0.805. The summed E-state index contributed by atoms with van der Waals surface area (Å²) < 4.78 is 98.5. The number of amides is 1. The third-order valence-corrected chi connectivity index (χ3v) is 5.88. The highest BCUT2D eigenvalue weighted by molar-refractivity contribution is 6.30. The summed E-state index contributed by atoms with van der Waals surface area (Å²) in [6.07, 6.45) is -14.3. The van der Waals surface area contributed by atoms with E-state index in [0.29, 0.717) is 9.25 Å². The maximum absolute atomic E-state index is 13.9. The van der Waals surface area contributed by atoms with Gasteiger partial charge in [-0.3, -0.25) is 4.57 Å². The molecule has 1 N–H and O–H groups in total. The molecule has 43 heavy (non-hydrogen) atoms. The number of aliphatic hydroxyl groups is 1. The van der Waals surface area contributed by atoms with Crippen LogP contribution in [0.4, 0.5) is 35.5 Å². The van der Waals surface area contributed by atoms with Gasteiger partial charge in [0.25, 0.3) is 0 Å². The first-order valence-corrected chi connectivity index (χ1v) is 12.3. The Morgan fingerprint density at radius 2 is 1.77 bits per heavy atom. The Hall–Kier alpha value is -4.45. The minimum absolute atomic E-state index is 0.0759. The molecule has 2 aromatic heterocycles. The van der Waals surface area contributed by atoms with Crippen LogP contribution >= 0.6 is 11.6 Å². The molecular formula is C24H19ClF7N7O4. The van der Waals surface area contributed by atoms with Crippen LogP contribution in [0.2, 0.25) is 5.02 Å². The van der Waals surface area contributed by atoms with E-state index in [1.165, 1.54) is 36.4 Å². The van der Waals surface area contributed by atoms with Crippen LogP contribution in [0.5, 0.6) is 6.01 Å². The SMILES string of the molecule is CN(CC(F)(F)F)C(=O)Oc1nc(Cn2nc(-c3ccc(Cl)cc3)n(CC(O)C(F)(F)F)c2=O)nn1-c1cccc(F)c1. The van der Waals surface area contributed by atoms with Gasteiger partial charge in [-0.1, -0.05) is 17.7 Å². The van der Waals surface area contributed by atoms with Crippen molar-refractivity contribution in [3.63, 3.8) is 0 Å². The number of benzene rings is 2. The van der Waals surface area contributed by atoms with Crippen molar-refractivity contribution >= 4 is 17.7 Å². The van der Waals surface area contributed by atoms with Crippen LogP contribution in [0.1, 0.15) is 5.82 Å². The maximum atomic E-state index is 13.9. The summed E-state index contributed by atoms with van der Waals surface area (Å²) in [5.41, 5.74) is -1.04. The lowest BCUT2D eigenvalue weighted by atomic mass is 10.2. The number of carbonyl (C=O) groups excluding carboxylic acids is 1. The van der Waals surface area contributed by atoms with Crippen molar-refractivity contribution in [2.75, 3.05) is 13.6 Å². The molecule has 0 fully saturated rings. The molecule has 1 atom stereocenters. The molecule has 2 heterocycles. The molecule has 0 spiro atoms. The first kappa shape index (κ1) is 31.5. The topological polar surface area (TPSA) is 120 Å². The van der Waals surface area contributed by atoms with Gasteiger partial charge in [-0.2, -0.15) is 36.0 Å². The summed E-state index contributed by atoms with van der Waals surface area (Å²) in [6.45, 7) is -3.55. The van der Waals surface area contributed by atoms with E-state index in [0.717, 1.165) is 23.9 Å². The van der Waals surface area contributed by atoms with Gasteiger partial charge in [0.05, 0.1) is 12.2 Å². The highest BCUT2D eigenvalue weighted by Crippen LogP contribution is 2.25. The van der Waals surface area contributed by atoms with Gasteiger partial charge in [0, 0.05) is 17.6 Å². The second kappa shape index (κ2) is 12.0. The van der Waals surface area contributed by atoms with Gasteiger partial charge >= 0.3 is 30.1 Å². The zero-order valence-electron chi connectivity index (χ0n) is 21.6. The molecule has 4 aromatic rings. The van der Waals surface area contributed by atoms with E-state index in [1.54, 1.807) is 0 Å². The van der Waals surface area contributed by atoms with E-state index in [1.807, 2.05) is 0 Å². The lowest BCUT2D eigenvalue weighted by molar-refractivity contribution is -0.207. The minimum atomic E-state index is -5.07. The molecule has 0 aliphatic carbocycles. The van der Waals surface area contributed by atoms with Gasteiger partial charge < -0.3 is 14.7 Å². The highest BCUT2D eigenvalue weighted by atomic mass is 35.5. The zero-order valence-corrected chi connectivity index (χ0v) is 22.4. The summed E-state index contributed by atoms with van der Waals surface area (Å²) in [4.78, 5) is 29.6. The molecule has 19 heteroatoms. The molecule has 2 aromatic carbocycles. The van der Waals surface area contributed by atoms with Gasteiger partial charge in [0.2, 0.25) is 0 Å². The quantitative estimate of drug-likeness (QED) is 0.290. The van der Waals surface area contributed by atoms with Crippen molar-refractivity contribution in [2.45, 2.75) is 31.5 Å². The largest absolute Gasteiger partial charge is 0.417 e. The van der Waals surface area contributed by atoms with Crippen LogP contribution in [0.25, 0.3) is 17.1 Å². The van der Waals surface area contributed by atoms with E-state index in [9.17, 15) is 45.4 Å². The predicted octanol–water partition coefficient (Wildman–Crippen LogP) is 4.05. The first-order valence-electron chi connectivity index (χ1n) is 11.9. The molecule has 0 radical (unpaired) electrons. The van der Waals surface area contributed by atoms with Crippen molar-refractivity contribution in [2.24, 2.45) is 0 Å². The van der Waals surface area contributed by atoms with Crippen LogP contribution in [-0.4, -0.2) is 77.3 Å². The second-order valence-corrected chi connectivity index (χ2v) is 9.42. The number of halogens is 8. The van der Waals surface area contributed by atoms with Crippen LogP contribution in [0, 0.1) is 5.82 Å². The van der Waals surface area contributed by atoms with E-state index in [4.69, 9.17) is 16.3 Å². The average Bonchev–Trinajstić information content (AvgIpc) is 3.43. The zero-order chi connectivity index (χ0) is 31.7. The fourth-order valence-electron chi connectivity index (χ4n) is 3.67. The van der Waals surface area contributed by atoms with Crippen LogP contribution in [0.3, 0.4) is 0 Å². The van der Waals surface area contributed by atoms with Crippen molar-refractivity contribution in [1.82, 2.24) is 34.0 Å². The summed E-state index contributed by atoms with van der Waals surface area (Å²) in [6, 6.07) is 9.38. The van der Waals surface area contributed by atoms with Crippen LogP contribution in [-0.2, 0) is 13.1 Å². The fraction of sp³-hybridized carbons (Fsp3) is 0.292. The second-order valence-electron chi connectivity index (χ2n) is 8.98. The molecule has 0 aliphatic rings. The van der Waals surface area contributed by atoms with Gasteiger partial charge in [-0.05, 0) is 42.5 Å². The van der Waals surface area contributed by atoms with Gasteiger partial charge in [-0.25, -0.2) is 18.7 Å². The Morgan fingerprint density at radius 1 is 1.09 bits per heavy atom. The average molecular weight is 638 g/mol. The molecule has 11 nitrogen and oxygen atoms in total. The molecule has 4 rings (SSSR count). The van der Waals surface area contributed by atoms with E-state index >= 15 is 0 Å². The third kappa shape index (κ3) is 7.69. The smallest absolute Gasteiger partial charge is 0.382 e. The third-order valence-electron chi connectivity index (χ3n) is 5.63. The highest BCUT2D eigenvalue weighted by Gasteiger charge is 2.39. The Kier molecular flexibility index (Phi) is 8.82. The lowest BCUT2D eigenvalue weighted by Gasteiger charge is -2.17. The monoisotopic (exact) mass is 637 g/mol. The molecular weight excluding hydrogens is 619 g/mol. The number of hydrogen-bond donors (Lipinski definition) is 1. The Balaban J connectivity index is 1.74. The van der Waals surface area contributed by atoms with Crippen molar-refractivity contribution in [3.05, 3.63) is 75.7 Å². The number of carbonyl (C=O) groups is 1. The summed E-state index contributed by atoms with van der Waals surface area (Å²) >= 11 is 5.87. The molecule has 0 aliphatic heterocycles. The molecule has 230 valence electrons. The minimum Gasteiger partial charge on any atom is -0.382 e. The van der Waals surface area contributed by atoms with Crippen LogP contribution < -0.4 is 10.4 Å². The Labute approximate surface area is 241 Å². The number of aromatic nitrogens is 6. The predicted molar refractivity (Wildman–Crippen MR) is 134 cm³/mol. The van der Waals surface area contributed by atoms with E-state index in [2.05, 4.69) is 15.2 Å². The van der Waals surface area contributed by atoms with E-state index < -0.39 is 61.7 Å².